The molecule has 0 saturated carbocycles. The van der Waals surface area contributed by atoms with Crippen LogP contribution in [0.15, 0.2) is 5.03 Å². The van der Waals surface area contributed by atoms with Gasteiger partial charge < -0.3 is 15.5 Å². The average molecular weight is 347 g/mol. The third kappa shape index (κ3) is 6.20. The fourth-order valence-corrected chi connectivity index (χ4v) is 3.60. The number of aromatic carboxylic acids is 1. The number of nitrogens with one attached hydrogen (secondary N) is 2. The molecule has 0 bridgehead atoms. The molecule has 0 aliphatic rings. The van der Waals surface area contributed by atoms with E-state index in [0.717, 1.165) is 36.5 Å². The molecule has 0 radical (unpaired) electrons. The summed E-state index contributed by atoms with van der Waals surface area (Å²) in [6.45, 7) is 2.06. The molecule has 9 heteroatoms. The molecule has 0 aliphatic carbocycles. The Morgan fingerprint density at radius 2 is 2.09 bits per heavy atom. The van der Waals surface area contributed by atoms with Crippen LogP contribution in [0.25, 0.3) is 0 Å². The molecule has 0 aliphatic heterocycles. The fourth-order valence-electron chi connectivity index (χ4n) is 1.66. The highest BCUT2D eigenvalue weighted by Crippen LogP contribution is 2.32. The van der Waals surface area contributed by atoms with Gasteiger partial charge in [-0.15, -0.1) is 11.8 Å². The third-order valence-corrected chi connectivity index (χ3v) is 4.68. The predicted molar refractivity (Wildman–Crippen MR) is 88.0 cm³/mol. The Balaban J connectivity index is 2.63. The first-order valence-electron chi connectivity index (χ1n) is 7.11. The van der Waals surface area contributed by atoms with Gasteiger partial charge in [0.1, 0.15) is 15.6 Å². The van der Waals surface area contributed by atoms with E-state index in [1.54, 1.807) is 0 Å². The molecule has 0 atom stereocenters. The Hall–Kier alpha value is -1.32. The smallest absolute Gasteiger partial charge is 0.341 e. The van der Waals surface area contributed by atoms with Gasteiger partial charge in [-0.1, -0.05) is 26.2 Å². The quantitative estimate of drug-likeness (QED) is 0.382. The lowest BCUT2D eigenvalue weighted by Crippen LogP contribution is -2.31. The molecule has 4 N–H and O–H groups in total. The van der Waals surface area contributed by atoms with Crippen molar-refractivity contribution in [1.82, 2.24) is 9.69 Å². The second kappa shape index (κ2) is 10.4. The first-order chi connectivity index (χ1) is 10.6. The number of aliphatic hydroxyl groups excluding tert-OH is 1. The predicted octanol–water partition coefficient (Wildman–Crippen LogP) is 2.63. The summed E-state index contributed by atoms with van der Waals surface area (Å²) < 4.78 is 4.12. The summed E-state index contributed by atoms with van der Waals surface area (Å²) in [4.78, 5) is 22.9. The Morgan fingerprint density at radius 3 is 2.73 bits per heavy atom. The van der Waals surface area contributed by atoms with Gasteiger partial charge in [0, 0.05) is 6.54 Å². The summed E-state index contributed by atoms with van der Waals surface area (Å²) in [7, 11) is 0. The zero-order chi connectivity index (χ0) is 16.4. The molecule has 2 amide bonds. The van der Waals surface area contributed by atoms with Crippen LogP contribution < -0.4 is 10.6 Å². The number of anilines is 1. The zero-order valence-corrected chi connectivity index (χ0v) is 14.1. The number of amides is 2. The molecule has 1 aromatic rings. The minimum Gasteiger partial charge on any atom is -0.477 e. The van der Waals surface area contributed by atoms with Crippen LogP contribution in [0.5, 0.6) is 0 Å². The molecule has 0 fully saturated rings. The highest BCUT2D eigenvalue weighted by molar-refractivity contribution is 7.99. The van der Waals surface area contributed by atoms with E-state index in [-0.39, 0.29) is 23.7 Å². The maximum absolute atomic E-state index is 11.5. The first-order valence-corrected chi connectivity index (χ1v) is 8.87. The van der Waals surface area contributed by atoms with E-state index in [4.69, 9.17) is 5.11 Å². The molecule has 1 rings (SSSR count). The van der Waals surface area contributed by atoms with Gasteiger partial charge in [0.25, 0.3) is 0 Å². The highest BCUT2D eigenvalue weighted by atomic mass is 32.2. The summed E-state index contributed by atoms with van der Waals surface area (Å²) in [5, 5.41) is 23.4. The van der Waals surface area contributed by atoms with Crippen LogP contribution in [0, 0.1) is 0 Å². The molecule has 0 unspecified atom stereocenters. The van der Waals surface area contributed by atoms with Gasteiger partial charge in [-0.25, -0.2) is 9.59 Å². The van der Waals surface area contributed by atoms with Crippen molar-refractivity contribution in [2.45, 2.75) is 37.6 Å². The Morgan fingerprint density at radius 1 is 1.32 bits per heavy atom. The number of hydrogen-bond acceptors (Lipinski definition) is 6. The number of unbranched alkanes of at least 4 members (excludes halogenated alkanes) is 3. The number of urea groups is 1. The Bertz CT molecular complexity index is 494. The maximum atomic E-state index is 11.5. The molecule has 0 saturated heterocycles. The van der Waals surface area contributed by atoms with E-state index >= 15 is 0 Å². The molecular weight excluding hydrogens is 326 g/mol. The van der Waals surface area contributed by atoms with E-state index in [1.165, 1.54) is 18.2 Å². The van der Waals surface area contributed by atoms with Crippen molar-refractivity contribution in [1.29, 1.82) is 0 Å². The van der Waals surface area contributed by atoms with Crippen molar-refractivity contribution < 1.29 is 19.8 Å². The van der Waals surface area contributed by atoms with Gasteiger partial charge in [-0.05, 0) is 23.7 Å². The van der Waals surface area contributed by atoms with Crippen LogP contribution in [0.4, 0.5) is 9.80 Å². The molecule has 1 heterocycles. The molecule has 124 valence electrons. The molecule has 0 aromatic carbocycles. The van der Waals surface area contributed by atoms with Crippen LogP contribution in [0.2, 0.25) is 0 Å². The van der Waals surface area contributed by atoms with Gasteiger partial charge in [-0.3, -0.25) is 5.32 Å². The Kier molecular flexibility index (Phi) is 8.86. The van der Waals surface area contributed by atoms with Crippen molar-refractivity contribution >= 4 is 40.3 Å². The number of aromatic nitrogens is 1. The van der Waals surface area contributed by atoms with E-state index in [0.29, 0.717) is 5.03 Å². The van der Waals surface area contributed by atoms with E-state index < -0.39 is 12.0 Å². The second-order valence-corrected chi connectivity index (χ2v) is 6.37. The first kappa shape index (κ1) is 18.7. The monoisotopic (exact) mass is 347 g/mol. The standard InChI is InChI=1S/C13H21N3O4S2/c1-2-3-4-5-8-21-11-9(12(18)19)10(22-16-11)15-13(20)14-6-7-17/h17H,2-8H2,1H3,(H,18,19)(H2,14,15,20). The van der Waals surface area contributed by atoms with Crippen molar-refractivity contribution in [2.24, 2.45) is 0 Å². The average Bonchev–Trinajstić information content (AvgIpc) is 2.87. The SMILES string of the molecule is CCCCCCSc1nsc(NC(=O)NCCO)c1C(=O)O. The van der Waals surface area contributed by atoms with Gasteiger partial charge >= 0.3 is 12.0 Å². The second-order valence-electron chi connectivity index (χ2n) is 4.51. The van der Waals surface area contributed by atoms with E-state index in [1.807, 2.05) is 0 Å². The number of carbonyl (C=O) groups excluding carboxylic acids is 1. The van der Waals surface area contributed by atoms with Crippen LogP contribution in [-0.2, 0) is 0 Å². The number of nitrogens with zero attached hydrogens (tertiary/aromatic N) is 1. The van der Waals surface area contributed by atoms with E-state index in [9.17, 15) is 14.7 Å². The van der Waals surface area contributed by atoms with Crippen LogP contribution >= 0.6 is 23.3 Å². The fraction of sp³-hybridized carbons (Fsp3) is 0.615. The third-order valence-electron chi connectivity index (χ3n) is 2.74. The maximum Gasteiger partial charge on any atom is 0.341 e. The number of aliphatic hydroxyl groups is 1. The topological polar surface area (TPSA) is 112 Å². The lowest BCUT2D eigenvalue weighted by atomic mass is 10.2. The Labute approximate surface area is 137 Å². The minimum atomic E-state index is -1.11. The summed E-state index contributed by atoms with van der Waals surface area (Å²) in [5.74, 6) is -0.303. The van der Waals surface area contributed by atoms with Gasteiger partial charge in [0.2, 0.25) is 0 Å². The van der Waals surface area contributed by atoms with Gasteiger partial charge in [0.15, 0.2) is 0 Å². The van der Waals surface area contributed by atoms with Crippen molar-refractivity contribution in [3.63, 3.8) is 0 Å². The molecule has 7 nitrogen and oxygen atoms in total. The molecule has 1 aromatic heterocycles. The largest absolute Gasteiger partial charge is 0.477 e. The van der Waals surface area contributed by atoms with E-state index in [2.05, 4.69) is 21.9 Å². The van der Waals surface area contributed by atoms with Gasteiger partial charge in [-0.2, -0.15) is 4.37 Å². The number of rotatable bonds is 10. The molecule has 0 spiro atoms. The van der Waals surface area contributed by atoms with Crippen LogP contribution in [0.1, 0.15) is 43.0 Å². The van der Waals surface area contributed by atoms with Crippen LogP contribution in [-0.4, -0.2) is 45.5 Å². The van der Waals surface area contributed by atoms with Crippen molar-refractivity contribution in [3.8, 4) is 0 Å². The highest BCUT2D eigenvalue weighted by Gasteiger charge is 2.22. The van der Waals surface area contributed by atoms with Crippen LogP contribution in [0.3, 0.4) is 0 Å². The summed E-state index contributed by atoms with van der Waals surface area (Å²) >= 11 is 2.35. The normalized spacial score (nSPS) is 10.5. The van der Waals surface area contributed by atoms with Crippen molar-refractivity contribution in [2.75, 3.05) is 24.2 Å². The number of thioether (sulfide) groups is 1. The molecular formula is C13H21N3O4S2. The lowest BCUT2D eigenvalue weighted by Gasteiger charge is -2.05. The lowest BCUT2D eigenvalue weighted by molar-refractivity contribution is 0.0694. The summed E-state index contributed by atoms with van der Waals surface area (Å²) in [6.07, 6.45) is 4.44. The number of hydrogen-bond donors (Lipinski definition) is 4. The zero-order valence-electron chi connectivity index (χ0n) is 12.4. The summed E-state index contributed by atoms with van der Waals surface area (Å²) in [6, 6.07) is -0.556. The summed E-state index contributed by atoms with van der Waals surface area (Å²) in [5.41, 5.74) is 0.0321. The minimum absolute atomic E-state index is 0.0321. The van der Waals surface area contributed by atoms with Gasteiger partial charge in [0.05, 0.1) is 6.61 Å². The molecule has 22 heavy (non-hydrogen) atoms. The number of carbonyl (C=O) groups is 2. The number of carboxylic acid groups (broad SMARTS) is 1. The number of carboxylic acids is 1. The van der Waals surface area contributed by atoms with Crippen molar-refractivity contribution in [3.05, 3.63) is 5.56 Å².